The van der Waals surface area contributed by atoms with E-state index in [1.165, 1.54) is 0 Å². The van der Waals surface area contributed by atoms with Crippen LogP contribution in [0.3, 0.4) is 0 Å². The molecule has 1 aliphatic rings. The molecule has 0 atom stereocenters. The monoisotopic (exact) mass is 317 g/mol. The van der Waals surface area contributed by atoms with E-state index >= 15 is 0 Å². The Morgan fingerprint density at radius 2 is 1.75 bits per heavy atom. The van der Waals surface area contributed by atoms with Crippen LogP contribution in [0, 0.1) is 0 Å². The lowest BCUT2D eigenvalue weighted by Gasteiger charge is -2.17. The van der Waals surface area contributed by atoms with Crippen LogP contribution in [0.2, 0.25) is 0 Å². The van der Waals surface area contributed by atoms with Crippen molar-refractivity contribution in [3.63, 3.8) is 0 Å². The number of thioether (sulfide) groups is 1. The van der Waals surface area contributed by atoms with Gasteiger partial charge < -0.3 is 0 Å². The molecule has 0 spiro atoms. The van der Waals surface area contributed by atoms with Crippen LogP contribution in [0.15, 0.2) is 6.07 Å². The maximum atomic E-state index is 12.6. The predicted molar refractivity (Wildman–Crippen MR) is 56.8 cm³/mol. The number of rotatable bonds is 1. The van der Waals surface area contributed by atoms with E-state index in [-0.39, 0.29) is 11.6 Å². The van der Waals surface area contributed by atoms with Crippen LogP contribution in [-0.2, 0) is 17.1 Å². The molecule has 4 nitrogen and oxygen atoms in total. The van der Waals surface area contributed by atoms with Crippen molar-refractivity contribution in [1.29, 1.82) is 0 Å². The molecule has 0 bridgehead atoms. The van der Waals surface area contributed by atoms with Crippen molar-refractivity contribution in [3.05, 3.63) is 17.6 Å². The molecule has 0 aliphatic carbocycles. The number of aromatic nitrogens is 2. The van der Waals surface area contributed by atoms with Crippen LogP contribution in [0.4, 0.5) is 32.2 Å². The summed E-state index contributed by atoms with van der Waals surface area (Å²) in [5, 5.41) is 0. The van der Waals surface area contributed by atoms with Crippen molar-refractivity contribution in [2.75, 3.05) is 16.5 Å². The van der Waals surface area contributed by atoms with Gasteiger partial charge in [-0.3, -0.25) is 9.69 Å². The molecule has 20 heavy (non-hydrogen) atoms. The number of nitrogens with zero attached hydrogens (tertiary/aromatic N) is 3. The molecule has 1 aromatic rings. The minimum atomic E-state index is -5.13. The van der Waals surface area contributed by atoms with Crippen LogP contribution in [0.5, 0.6) is 0 Å². The van der Waals surface area contributed by atoms with E-state index in [1.54, 1.807) is 0 Å². The minimum absolute atomic E-state index is 0.0211. The molecule has 1 fully saturated rings. The fourth-order valence-electron chi connectivity index (χ4n) is 1.41. The van der Waals surface area contributed by atoms with Crippen LogP contribution in [0.25, 0.3) is 0 Å². The lowest BCUT2D eigenvalue weighted by Crippen LogP contribution is -2.28. The van der Waals surface area contributed by atoms with Crippen molar-refractivity contribution in [1.82, 2.24) is 9.97 Å². The summed E-state index contributed by atoms with van der Waals surface area (Å²) in [6, 6.07) is 0.332. The van der Waals surface area contributed by atoms with E-state index in [4.69, 9.17) is 0 Å². The highest BCUT2D eigenvalue weighted by atomic mass is 32.2. The number of halogens is 6. The molecular formula is C9H5F6N3OS. The highest BCUT2D eigenvalue weighted by Gasteiger charge is 2.41. The van der Waals surface area contributed by atoms with Crippen molar-refractivity contribution >= 4 is 23.5 Å². The molecular weight excluding hydrogens is 312 g/mol. The second-order valence-corrected chi connectivity index (χ2v) is 4.68. The number of alkyl halides is 6. The molecule has 1 saturated heterocycles. The predicted octanol–water partition coefficient (Wildman–Crippen LogP) is 2.55. The lowest BCUT2D eigenvalue weighted by molar-refractivity contribution is -0.152. The van der Waals surface area contributed by atoms with Crippen molar-refractivity contribution < 1.29 is 31.1 Å². The molecule has 1 aliphatic heterocycles. The molecule has 0 aromatic carbocycles. The second-order valence-electron chi connectivity index (χ2n) is 3.73. The first-order chi connectivity index (χ1) is 9.09. The Morgan fingerprint density at radius 1 is 1.10 bits per heavy atom. The third-order valence-electron chi connectivity index (χ3n) is 2.28. The molecule has 0 N–H and O–H groups in total. The molecule has 110 valence electrons. The molecule has 1 aromatic heterocycles. The van der Waals surface area contributed by atoms with Gasteiger partial charge in [-0.1, -0.05) is 0 Å². The Morgan fingerprint density at radius 3 is 2.20 bits per heavy atom. The van der Waals surface area contributed by atoms with E-state index in [1.807, 2.05) is 0 Å². The van der Waals surface area contributed by atoms with Gasteiger partial charge in [0.15, 0.2) is 5.69 Å². The SMILES string of the molecule is O=C1CSCN1c1cc(C(F)(F)F)nc(C(F)(F)F)n1. The van der Waals surface area contributed by atoms with Gasteiger partial charge in [-0.2, -0.15) is 26.3 Å². The van der Waals surface area contributed by atoms with E-state index in [0.717, 1.165) is 16.7 Å². The number of hydrogen-bond acceptors (Lipinski definition) is 4. The van der Waals surface area contributed by atoms with Gasteiger partial charge in [-0.25, -0.2) is 9.97 Å². The molecule has 2 heterocycles. The minimum Gasteiger partial charge on any atom is -0.286 e. The number of carbonyl (C=O) groups is 1. The van der Waals surface area contributed by atoms with Crippen LogP contribution >= 0.6 is 11.8 Å². The van der Waals surface area contributed by atoms with Gasteiger partial charge in [0.2, 0.25) is 11.7 Å². The van der Waals surface area contributed by atoms with Gasteiger partial charge in [0, 0.05) is 6.07 Å². The maximum Gasteiger partial charge on any atom is 0.451 e. The van der Waals surface area contributed by atoms with Gasteiger partial charge >= 0.3 is 12.4 Å². The Kier molecular flexibility index (Phi) is 3.56. The number of carbonyl (C=O) groups excluding carboxylic acids is 1. The summed E-state index contributed by atoms with van der Waals surface area (Å²) in [6.07, 6.45) is -10.2. The summed E-state index contributed by atoms with van der Waals surface area (Å²) in [5.41, 5.74) is -1.74. The van der Waals surface area contributed by atoms with E-state index in [0.29, 0.717) is 6.07 Å². The van der Waals surface area contributed by atoms with Crippen LogP contribution in [0.1, 0.15) is 11.5 Å². The van der Waals surface area contributed by atoms with E-state index in [9.17, 15) is 31.1 Å². The van der Waals surface area contributed by atoms with E-state index in [2.05, 4.69) is 9.97 Å². The molecule has 2 rings (SSSR count). The van der Waals surface area contributed by atoms with Gasteiger partial charge in [-0.05, 0) is 0 Å². The Hall–Kier alpha value is -1.52. The second kappa shape index (κ2) is 4.79. The summed E-state index contributed by atoms with van der Waals surface area (Å²) in [6.45, 7) is 0. The maximum absolute atomic E-state index is 12.6. The van der Waals surface area contributed by atoms with Crippen molar-refractivity contribution in [2.45, 2.75) is 12.4 Å². The number of anilines is 1. The summed E-state index contributed by atoms with van der Waals surface area (Å²) in [5.74, 6) is -3.30. The fourth-order valence-corrected chi connectivity index (χ4v) is 2.29. The smallest absolute Gasteiger partial charge is 0.286 e. The molecule has 1 amide bonds. The normalized spacial score (nSPS) is 16.9. The fraction of sp³-hybridized carbons (Fsp3) is 0.444. The van der Waals surface area contributed by atoms with Gasteiger partial charge in [-0.15, -0.1) is 11.8 Å². The average Bonchev–Trinajstić information content (AvgIpc) is 2.72. The highest BCUT2D eigenvalue weighted by Crippen LogP contribution is 2.35. The zero-order valence-electron chi connectivity index (χ0n) is 9.42. The summed E-state index contributed by atoms with van der Waals surface area (Å²) in [7, 11) is 0. The standard InChI is InChI=1S/C9H5F6N3OS/c10-8(11,12)4-1-5(18-3-20-2-6(18)19)17-7(16-4)9(13,14)15/h1H,2-3H2. The Balaban J connectivity index is 2.54. The van der Waals surface area contributed by atoms with Crippen LogP contribution in [-0.4, -0.2) is 27.5 Å². The summed E-state index contributed by atoms with van der Waals surface area (Å²) >= 11 is 1.07. The number of amides is 1. The largest absolute Gasteiger partial charge is 0.451 e. The van der Waals surface area contributed by atoms with E-state index < -0.39 is 35.6 Å². The Labute approximate surface area is 112 Å². The first-order valence-corrected chi connectivity index (χ1v) is 6.16. The zero-order valence-corrected chi connectivity index (χ0v) is 10.2. The first kappa shape index (κ1) is 14.9. The van der Waals surface area contributed by atoms with Crippen molar-refractivity contribution in [2.24, 2.45) is 0 Å². The zero-order chi connectivity index (χ0) is 15.1. The van der Waals surface area contributed by atoms with Crippen molar-refractivity contribution in [3.8, 4) is 0 Å². The molecule has 0 unspecified atom stereocenters. The Bertz CT molecular complexity index is 511. The highest BCUT2D eigenvalue weighted by molar-refractivity contribution is 8.00. The summed E-state index contributed by atoms with van der Waals surface area (Å²) < 4.78 is 75.2. The third kappa shape index (κ3) is 2.97. The van der Waals surface area contributed by atoms with Crippen LogP contribution < -0.4 is 4.90 Å². The average molecular weight is 317 g/mol. The lowest BCUT2D eigenvalue weighted by atomic mass is 10.3. The topological polar surface area (TPSA) is 46.1 Å². The number of hydrogen-bond donors (Lipinski definition) is 0. The molecule has 0 saturated carbocycles. The van der Waals surface area contributed by atoms with Gasteiger partial charge in [0.25, 0.3) is 0 Å². The third-order valence-corrected chi connectivity index (χ3v) is 3.17. The molecule has 0 radical (unpaired) electrons. The summed E-state index contributed by atoms with van der Waals surface area (Å²) in [4.78, 5) is 17.6. The first-order valence-electron chi connectivity index (χ1n) is 5.00. The molecule has 11 heteroatoms. The van der Waals surface area contributed by atoms with Gasteiger partial charge in [0.1, 0.15) is 5.82 Å². The van der Waals surface area contributed by atoms with Gasteiger partial charge in [0.05, 0.1) is 11.6 Å². The quantitative estimate of drug-likeness (QED) is 0.747.